The second kappa shape index (κ2) is 7.05. The van der Waals surface area contributed by atoms with Crippen LogP contribution in [0.4, 0.5) is 5.82 Å². The van der Waals surface area contributed by atoms with Crippen molar-refractivity contribution >= 4 is 5.82 Å². The van der Waals surface area contributed by atoms with Gasteiger partial charge in [-0.25, -0.2) is 0 Å². The first-order valence-corrected chi connectivity index (χ1v) is 6.59. The standard InChI is InChI=1S/C14H22N4O/c1-6-19-8-13(9(2)3)16-14-12(7-15)10(4)11(5)17-18-14/h9,13H,6,8H2,1-5H3,(H,16,18). The van der Waals surface area contributed by atoms with Crippen molar-refractivity contribution in [3.63, 3.8) is 0 Å². The summed E-state index contributed by atoms with van der Waals surface area (Å²) in [5.41, 5.74) is 2.22. The molecular weight excluding hydrogens is 240 g/mol. The zero-order valence-corrected chi connectivity index (χ0v) is 12.3. The summed E-state index contributed by atoms with van der Waals surface area (Å²) < 4.78 is 5.46. The quantitative estimate of drug-likeness (QED) is 0.852. The van der Waals surface area contributed by atoms with Crippen LogP contribution in [0, 0.1) is 31.1 Å². The number of aromatic nitrogens is 2. The van der Waals surface area contributed by atoms with Crippen LogP contribution in [-0.4, -0.2) is 29.5 Å². The van der Waals surface area contributed by atoms with Crippen molar-refractivity contribution in [1.29, 1.82) is 5.26 Å². The van der Waals surface area contributed by atoms with E-state index in [1.54, 1.807) is 0 Å². The Labute approximate surface area is 115 Å². The first kappa shape index (κ1) is 15.4. The number of aryl methyl sites for hydroxylation is 1. The van der Waals surface area contributed by atoms with Crippen LogP contribution in [-0.2, 0) is 4.74 Å². The van der Waals surface area contributed by atoms with Gasteiger partial charge in [0, 0.05) is 6.61 Å². The Morgan fingerprint density at radius 1 is 1.32 bits per heavy atom. The van der Waals surface area contributed by atoms with Crippen molar-refractivity contribution < 1.29 is 4.74 Å². The normalized spacial score (nSPS) is 12.3. The van der Waals surface area contributed by atoms with Crippen molar-refractivity contribution in [3.05, 3.63) is 16.8 Å². The molecule has 0 aromatic carbocycles. The summed E-state index contributed by atoms with van der Waals surface area (Å²) in [6, 6.07) is 2.31. The molecule has 0 bridgehead atoms. The van der Waals surface area contributed by atoms with Gasteiger partial charge in [-0.2, -0.15) is 10.4 Å². The van der Waals surface area contributed by atoms with E-state index in [1.807, 2.05) is 20.8 Å². The fourth-order valence-corrected chi connectivity index (χ4v) is 1.67. The zero-order valence-electron chi connectivity index (χ0n) is 12.3. The number of nitrogens with zero attached hydrogens (tertiary/aromatic N) is 3. The monoisotopic (exact) mass is 262 g/mol. The molecule has 104 valence electrons. The average Bonchev–Trinajstić information content (AvgIpc) is 2.38. The highest BCUT2D eigenvalue weighted by Gasteiger charge is 2.18. The number of hydrogen-bond acceptors (Lipinski definition) is 5. The van der Waals surface area contributed by atoms with Gasteiger partial charge in [-0.3, -0.25) is 0 Å². The van der Waals surface area contributed by atoms with Gasteiger partial charge in [-0.1, -0.05) is 13.8 Å². The van der Waals surface area contributed by atoms with Gasteiger partial charge in [-0.05, 0) is 32.3 Å². The lowest BCUT2D eigenvalue weighted by molar-refractivity contribution is 0.126. The van der Waals surface area contributed by atoms with E-state index in [4.69, 9.17) is 4.74 Å². The molecule has 5 heteroatoms. The van der Waals surface area contributed by atoms with Crippen LogP contribution in [0.5, 0.6) is 0 Å². The number of hydrogen-bond donors (Lipinski definition) is 1. The van der Waals surface area contributed by atoms with Gasteiger partial charge in [-0.15, -0.1) is 5.10 Å². The molecule has 0 radical (unpaired) electrons. The fourth-order valence-electron chi connectivity index (χ4n) is 1.67. The minimum Gasteiger partial charge on any atom is -0.380 e. The van der Waals surface area contributed by atoms with E-state index < -0.39 is 0 Å². The minimum atomic E-state index is 0.114. The molecule has 5 nitrogen and oxygen atoms in total. The van der Waals surface area contributed by atoms with Crippen LogP contribution >= 0.6 is 0 Å². The van der Waals surface area contributed by atoms with Crippen molar-refractivity contribution in [2.24, 2.45) is 5.92 Å². The average molecular weight is 262 g/mol. The Balaban J connectivity index is 2.97. The largest absolute Gasteiger partial charge is 0.380 e. The Bertz CT molecular complexity index is 465. The number of rotatable bonds is 6. The van der Waals surface area contributed by atoms with E-state index in [2.05, 4.69) is 35.4 Å². The number of nitriles is 1. The molecule has 1 atom stereocenters. The molecular formula is C14H22N4O. The van der Waals surface area contributed by atoms with Gasteiger partial charge >= 0.3 is 0 Å². The lowest BCUT2D eigenvalue weighted by Gasteiger charge is -2.23. The van der Waals surface area contributed by atoms with Crippen LogP contribution in [0.3, 0.4) is 0 Å². The van der Waals surface area contributed by atoms with Crippen molar-refractivity contribution in [3.8, 4) is 6.07 Å². The van der Waals surface area contributed by atoms with Gasteiger partial charge in [0.1, 0.15) is 11.6 Å². The summed E-state index contributed by atoms with van der Waals surface area (Å²) >= 11 is 0. The van der Waals surface area contributed by atoms with Crippen LogP contribution in [0.25, 0.3) is 0 Å². The topological polar surface area (TPSA) is 70.8 Å². The van der Waals surface area contributed by atoms with E-state index in [0.717, 1.165) is 11.3 Å². The lowest BCUT2D eigenvalue weighted by Crippen LogP contribution is -2.32. The Morgan fingerprint density at radius 2 is 2.00 bits per heavy atom. The van der Waals surface area contributed by atoms with E-state index in [-0.39, 0.29) is 6.04 Å². The summed E-state index contributed by atoms with van der Waals surface area (Å²) in [7, 11) is 0. The Morgan fingerprint density at radius 3 is 2.53 bits per heavy atom. The number of anilines is 1. The molecule has 0 saturated carbocycles. The highest BCUT2D eigenvalue weighted by Crippen LogP contribution is 2.19. The molecule has 1 aromatic rings. The summed E-state index contributed by atoms with van der Waals surface area (Å²) in [6.07, 6.45) is 0. The zero-order chi connectivity index (χ0) is 14.4. The van der Waals surface area contributed by atoms with Crippen molar-refractivity contribution in [2.45, 2.75) is 40.7 Å². The van der Waals surface area contributed by atoms with Gasteiger partial charge in [0.05, 0.1) is 18.3 Å². The maximum absolute atomic E-state index is 9.26. The highest BCUT2D eigenvalue weighted by atomic mass is 16.5. The predicted molar refractivity (Wildman–Crippen MR) is 75.0 cm³/mol. The molecule has 1 rings (SSSR count). The van der Waals surface area contributed by atoms with E-state index in [0.29, 0.717) is 30.5 Å². The third kappa shape index (κ3) is 3.90. The van der Waals surface area contributed by atoms with Gasteiger partial charge in [0.25, 0.3) is 0 Å². The summed E-state index contributed by atoms with van der Waals surface area (Å²) in [6.45, 7) is 11.2. The molecule has 0 aliphatic rings. The van der Waals surface area contributed by atoms with E-state index in [9.17, 15) is 5.26 Å². The molecule has 19 heavy (non-hydrogen) atoms. The Kier molecular flexibility index (Phi) is 5.71. The SMILES string of the molecule is CCOCC(Nc1nnc(C)c(C)c1C#N)C(C)C. The summed E-state index contributed by atoms with van der Waals surface area (Å²) in [4.78, 5) is 0. The predicted octanol–water partition coefficient (Wildman–Crippen LogP) is 2.44. The first-order chi connectivity index (χ1) is 9.01. The fraction of sp³-hybridized carbons (Fsp3) is 0.643. The third-order valence-corrected chi connectivity index (χ3v) is 3.19. The van der Waals surface area contributed by atoms with Gasteiger partial charge in [0.2, 0.25) is 0 Å². The summed E-state index contributed by atoms with van der Waals surface area (Å²) in [5, 5.41) is 20.7. The van der Waals surface area contributed by atoms with E-state index >= 15 is 0 Å². The molecule has 0 saturated heterocycles. The minimum absolute atomic E-state index is 0.114. The molecule has 0 spiro atoms. The van der Waals surface area contributed by atoms with Crippen molar-refractivity contribution in [1.82, 2.24) is 10.2 Å². The second-order valence-corrected chi connectivity index (χ2v) is 4.90. The maximum atomic E-state index is 9.26. The molecule has 0 aliphatic carbocycles. The molecule has 1 heterocycles. The van der Waals surface area contributed by atoms with E-state index in [1.165, 1.54) is 0 Å². The lowest BCUT2D eigenvalue weighted by atomic mass is 10.0. The second-order valence-electron chi connectivity index (χ2n) is 4.90. The van der Waals surface area contributed by atoms with Gasteiger partial charge in [0.15, 0.2) is 5.82 Å². The molecule has 1 N–H and O–H groups in total. The van der Waals surface area contributed by atoms with Gasteiger partial charge < -0.3 is 10.1 Å². The highest BCUT2D eigenvalue weighted by molar-refractivity contribution is 5.56. The number of ether oxygens (including phenoxy) is 1. The van der Waals surface area contributed by atoms with Crippen LogP contribution in [0.15, 0.2) is 0 Å². The molecule has 0 aliphatic heterocycles. The molecule has 0 fully saturated rings. The molecule has 0 amide bonds. The summed E-state index contributed by atoms with van der Waals surface area (Å²) in [5.74, 6) is 0.922. The number of nitrogens with one attached hydrogen (secondary N) is 1. The van der Waals surface area contributed by atoms with Crippen LogP contribution in [0.1, 0.15) is 37.6 Å². The Hall–Kier alpha value is -1.67. The molecule has 1 aromatic heterocycles. The smallest absolute Gasteiger partial charge is 0.167 e. The molecule has 1 unspecified atom stereocenters. The van der Waals surface area contributed by atoms with Crippen LogP contribution < -0.4 is 5.32 Å². The van der Waals surface area contributed by atoms with Crippen molar-refractivity contribution in [2.75, 3.05) is 18.5 Å². The first-order valence-electron chi connectivity index (χ1n) is 6.59. The van der Waals surface area contributed by atoms with Crippen LogP contribution in [0.2, 0.25) is 0 Å². The maximum Gasteiger partial charge on any atom is 0.167 e. The third-order valence-electron chi connectivity index (χ3n) is 3.19.